The number of H-pyrrole nitrogens is 1. The zero-order chi connectivity index (χ0) is 31.8. The van der Waals surface area contributed by atoms with E-state index in [9.17, 15) is 19.2 Å². The van der Waals surface area contributed by atoms with Gasteiger partial charge in [0.1, 0.15) is 11.4 Å². The van der Waals surface area contributed by atoms with Crippen LogP contribution in [-0.2, 0) is 41.4 Å². The first-order valence-corrected chi connectivity index (χ1v) is 12.7. The number of ether oxygens (including phenoxy) is 8. The summed E-state index contributed by atoms with van der Waals surface area (Å²) in [5.74, 6) is -1.72. The van der Waals surface area contributed by atoms with Gasteiger partial charge >= 0.3 is 23.9 Å². The Morgan fingerprint density at radius 3 is 1.12 bits per heavy atom. The molecule has 1 heterocycles. The largest absolute Gasteiger partial charge is 0.493 e. The van der Waals surface area contributed by atoms with Crippen molar-refractivity contribution >= 4 is 23.9 Å². The molecule has 0 unspecified atom stereocenters. The Morgan fingerprint density at radius 1 is 0.512 bits per heavy atom. The monoisotopic (exact) mass is 599 g/mol. The summed E-state index contributed by atoms with van der Waals surface area (Å²) >= 11 is 0. The summed E-state index contributed by atoms with van der Waals surface area (Å²) in [6.07, 6.45) is -0.488. The summed E-state index contributed by atoms with van der Waals surface area (Å²) < 4.78 is 41.9. The fraction of sp³-hybridized carbons (Fsp3) is 0.333. The topological polar surface area (TPSA) is 158 Å². The van der Waals surface area contributed by atoms with Crippen LogP contribution in [0.1, 0.15) is 32.1 Å². The minimum Gasteiger partial charge on any atom is -0.493 e. The van der Waals surface area contributed by atoms with E-state index in [-0.39, 0.29) is 46.9 Å². The van der Waals surface area contributed by atoms with Gasteiger partial charge in [0, 0.05) is 11.1 Å². The lowest BCUT2D eigenvalue weighted by Crippen LogP contribution is -2.10. The molecule has 0 spiro atoms. The zero-order valence-electron chi connectivity index (χ0n) is 25.1. The van der Waals surface area contributed by atoms with E-state index in [2.05, 4.69) is 4.98 Å². The van der Waals surface area contributed by atoms with Gasteiger partial charge in [0.05, 0.1) is 69.7 Å². The summed E-state index contributed by atoms with van der Waals surface area (Å²) in [4.78, 5) is 54.4. The van der Waals surface area contributed by atoms with Crippen molar-refractivity contribution in [2.45, 2.75) is 12.8 Å². The quantitative estimate of drug-likeness (QED) is 0.239. The van der Waals surface area contributed by atoms with E-state index in [4.69, 9.17) is 37.9 Å². The molecular formula is C30H33NO12. The average molecular weight is 600 g/mol. The third-order valence-corrected chi connectivity index (χ3v) is 6.66. The van der Waals surface area contributed by atoms with Crippen LogP contribution in [0.2, 0.25) is 0 Å². The van der Waals surface area contributed by atoms with Crippen LogP contribution in [0.25, 0.3) is 22.3 Å². The molecule has 0 saturated carbocycles. The van der Waals surface area contributed by atoms with Gasteiger partial charge in [-0.2, -0.15) is 0 Å². The molecule has 230 valence electrons. The van der Waals surface area contributed by atoms with Crippen molar-refractivity contribution in [1.82, 2.24) is 4.98 Å². The Bertz CT molecular complexity index is 1430. The number of aromatic amines is 1. The summed E-state index contributed by atoms with van der Waals surface area (Å²) in [5, 5.41) is 0. The average Bonchev–Trinajstić information content (AvgIpc) is 3.43. The molecule has 3 aromatic rings. The van der Waals surface area contributed by atoms with Crippen LogP contribution in [-0.4, -0.2) is 85.7 Å². The maximum atomic E-state index is 13.2. The van der Waals surface area contributed by atoms with Crippen LogP contribution in [0.3, 0.4) is 0 Å². The summed E-state index contributed by atoms with van der Waals surface area (Å²) in [6, 6.07) is 6.23. The van der Waals surface area contributed by atoms with Gasteiger partial charge in [-0.25, -0.2) is 9.59 Å². The highest BCUT2D eigenvalue weighted by atomic mass is 16.5. The molecule has 0 fully saturated rings. The third-order valence-electron chi connectivity index (χ3n) is 6.66. The molecule has 0 aliphatic rings. The van der Waals surface area contributed by atoms with Crippen molar-refractivity contribution in [1.29, 1.82) is 0 Å². The number of methoxy groups -OCH3 is 8. The molecular weight excluding hydrogens is 566 g/mol. The van der Waals surface area contributed by atoms with Crippen LogP contribution in [0, 0.1) is 0 Å². The summed E-state index contributed by atoms with van der Waals surface area (Å²) in [7, 11) is 10.5. The normalized spacial score (nSPS) is 10.4. The van der Waals surface area contributed by atoms with Crippen LogP contribution in [0.15, 0.2) is 24.3 Å². The van der Waals surface area contributed by atoms with Crippen molar-refractivity contribution in [2.75, 3.05) is 56.9 Å². The number of rotatable bonds is 12. The van der Waals surface area contributed by atoms with Crippen LogP contribution < -0.4 is 18.9 Å². The van der Waals surface area contributed by atoms with Crippen molar-refractivity contribution in [3.05, 3.63) is 46.8 Å². The van der Waals surface area contributed by atoms with E-state index in [1.54, 1.807) is 24.3 Å². The highest BCUT2D eigenvalue weighted by molar-refractivity contribution is 6.10. The third kappa shape index (κ3) is 6.50. The lowest BCUT2D eigenvalue weighted by molar-refractivity contribution is -0.140. The van der Waals surface area contributed by atoms with Crippen molar-refractivity contribution in [3.8, 4) is 45.3 Å². The van der Waals surface area contributed by atoms with Gasteiger partial charge in [0.25, 0.3) is 0 Å². The van der Waals surface area contributed by atoms with E-state index in [1.165, 1.54) is 56.9 Å². The van der Waals surface area contributed by atoms with Crippen LogP contribution in [0.4, 0.5) is 0 Å². The standard InChI is InChI=1S/C30H33NO12/c1-36-19-9-15(11-23(32)40-5)17(13-21(19)38-3)25-26(28(30(35)43-8)31-27(25)29(34)42-7)18-14-22(39-4)20(37-2)10-16(18)12-24(33)41-6/h9-10,13-14,31H,11-12H2,1-8H3. The molecule has 0 atom stereocenters. The van der Waals surface area contributed by atoms with Gasteiger partial charge in [-0.15, -0.1) is 0 Å². The Morgan fingerprint density at radius 2 is 0.837 bits per heavy atom. The van der Waals surface area contributed by atoms with Crippen molar-refractivity contribution in [2.24, 2.45) is 0 Å². The highest BCUT2D eigenvalue weighted by Crippen LogP contribution is 2.47. The fourth-order valence-corrected chi connectivity index (χ4v) is 4.60. The number of hydrogen-bond acceptors (Lipinski definition) is 12. The minimum absolute atomic E-state index is 0.143. The lowest BCUT2D eigenvalue weighted by Gasteiger charge is -2.19. The van der Waals surface area contributed by atoms with Crippen molar-refractivity contribution in [3.63, 3.8) is 0 Å². The van der Waals surface area contributed by atoms with E-state index < -0.39 is 23.9 Å². The predicted molar refractivity (Wildman–Crippen MR) is 152 cm³/mol. The van der Waals surface area contributed by atoms with Crippen LogP contribution >= 0.6 is 0 Å². The molecule has 0 aliphatic carbocycles. The molecule has 0 saturated heterocycles. The molecule has 1 aromatic heterocycles. The molecule has 0 aliphatic heterocycles. The van der Waals surface area contributed by atoms with Gasteiger partial charge in [0.15, 0.2) is 23.0 Å². The predicted octanol–water partition coefficient (Wildman–Crippen LogP) is 3.39. The molecule has 13 nitrogen and oxygen atoms in total. The molecule has 43 heavy (non-hydrogen) atoms. The second kappa shape index (κ2) is 14.1. The number of benzene rings is 2. The Kier molecular flexibility index (Phi) is 10.6. The van der Waals surface area contributed by atoms with E-state index >= 15 is 0 Å². The second-order valence-electron chi connectivity index (χ2n) is 8.84. The molecule has 0 radical (unpaired) electrons. The fourth-order valence-electron chi connectivity index (χ4n) is 4.60. The van der Waals surface area contributed by atoms with E-state index in [0.29, 0.717) is 33.8 Å². The molecule has 13 heteroatoms. The molecule has 0 amide bonds. The number of carbonyl (C=O) groups is 4. The number of esters is 4. The van der Waals surface area contributed by atoms with Gasteiger partial charge in [0.2, 0.25) is 0 Å². The Labute approximate surface area is 247 Å². The summed E-state index contributed by atoms with van der Waals surface area (Å²) in [5.41, 5.74) is 1.32. The van der Waals surface area contributed by atoms with Gasteiger partial charge in [-0.3, -0.25) is 9.59 Å². The number of carbonyl (C=O) groups excluding carboxylic acids is 4. The molecule has 3 rings (SSSR count). The van der Waals surface area contributed by atoms with Crippen molar-refractivity contribution < 1.29 is 57.1 Å². The number of hydrogen-bond donors (Lipinski definition) is 1. The lowest BCUT2D eigenvalue weighted by atomic mass is 9.87. The minimum atomic E-state index is -0.833. The molecule has 0 bridgehead atoms. The zero-order valence-corrected chi connectivity index (χ0v) is 25.1. The maximum Gasteiger partial charge on any atom is 0.355 e. The summed E-state index contributed by atoms with van der Waals surface area (Å²) in [6.45, 7) is 0. The highest BCUT2D eigenvalue weighted by Gasteiger charge is 2.33. The first-order chi connectivity index (χ1) is 20.6. The first-order valence-electron chi connectivity index (χ1n) is 12.7. The van der Waals surface area contributed by atoms with Gasteiger partial charge in [-0.05, 0) is 46.5 Å². The van der Waals surface area contributed by atoms with Gasteiger partial charge in [-0.1, -0.05) is 0 Å². The van der Waals surface area contributed by atoms with E-state index in [1.807, 2.05) is 0 Å². The van der Waals surface area contributed by atoms with Gasteiger partial charge < -0.3 is 42.9 Å². The maximum absolute atomic E-state index is 13.2. The van der Waals surface area contributed by atoms with Crippen LogP contribution in [0.5, 0.6) is 23.0 Å². The second-order valence-corrected chi connectivity index (χ2v) is 8.84. The number of aromatic nitrogens is 1. The smallest absolute Gasteiger partial charge is 0.355 e. The van der Waals surface area contributed by atoms with E-state index in [0.717, 1.165) is 0 Å². The SMILES string of the molecule is COC(=O)Cc1cc(OC)c(OC)cc1-c1c(C(=O)OC)[nH]c(C(=O)OC)c1-c1cc(OC)c(OC)cc1CC(=O)OC. The Balaban J connectivity index is 2.64. The molecule has 1 N–H and O–H groups in total. The Hall–Kier alpha value is -5.20. The number of nitrogens with one attached hydrogen (secondary N) is 1. The molecule has 2 aromatic carbocycles. The first kappa shape index (κ1) is 32.3.